The quantitative estimate of drug-likeness (QED) is 0.882. The molecule has 0 aliphatic carbocycles. The first-order chi connectivity index (χ1) is 8.18. The Morgan fingerprint density at radius 1 is 1.41 bits per heavy atom. The zero-order valence-electron chi connectivity index (χ0n) is 9.38. The van der Waals surface area contributed by atoms with E-state index in [1.807, 2.05) is 37.4 Å². The number of aromatic nitrogens is 2. The molecular weight excluding hydrogens is 300 g/mol. The van der Waals surface area contributed by atoms with Crippen LogP contribution in [0.15, 0.2) is 45.9 Å². The van der Waals surface area contributed by atoms with Crippen molar-refractivity contribution in [3.05, 3.63) is 46.7 Å². The molecule has 90 valence electrons. The van der Waals surface area contributed by atoms with E-state index in [4.69, 9.17) is 0 Å². The Hall–Kier alpha value is -0.780. The van der Waals surface area contributed by atoms with Crippen molar-refractivity contribution in [1.29, 1.82) is 0 Å². The van der Waals surface area contributed by atoms with Crippen LogP contribution in [-0.4, -0.2) is 20.6 Å². The van der Waals surface area contributed by atoms with Crippen LogP contribution in [-0.2, 0) is 7.05 Å². The van der Waals surface area contributed by atoms with Crippen molar-refractivity contribution in [2.24, 2.45) is 7.05 Å². The summed E-state index contributed by atoms with van der Waals surface area (Å²) in [5.41, 5.74) is 0.813. The Morgan fingerprint density at radius 3 is 2.71 bits per heavy atom. The van der Waals surface area contributed by atoms with E-state index < -0.39 is 6.10 Å². The first kappa shape index (κ1) is 12.7. The molecule has 2 aromatic rings. The fourth-order valence-corrected chi connectivity index (χ4v) is 3.04. The minimum absolute atomic E-state index is 0.526. The highest BCUT2D eigenvalue weighted by molar-refractivity contribution is 9.10. The fourth-order valence-electron chi connectivity index (χ4n) is 1.57. The number of aliphatic hydroxyl groups excluding tert-OH is 1. The predicted octanol–water partition coefficient (Wildman–Crippen LogP) is 3.01. The number of aryl methyl sites for hydroxylation is 1. The molecule has 0 aliphatic heterocycles. The Labute approximate surface area is 113 Å². The summed E-state index contributed by atoms with van der Waals surface area (Å²) in [7, 11) is 1.83. The predicted molar refractivity (Wildman–Crippen MR) is 73.0 cm³/mol. The normalized spacial score (nSPS) is 12.6. The van der Waals surface area contributed by atoms with Crippen molar-refractivity contribution in [3.63, 3.8) is 0 Å². The van der Waals surface area contributed by atoms with E-state index in [1.165, 1.54) is 0 Å². The smallest absolute Gasteiger partial charge is 0.106 e. The summed E-state index contributed by atoms with van der Waals surface area (Å²) in [5, 5.41) is 14.2. The van der Waals surface area contributed by atoms with Gasteiger partial charge in [-0.05, 0) is 28.1 Å². The summed E-state index contributed by atoms with van der Waals surface area (Å²) in [6.07, 6.45) is 1.17. The number of nitrogens with zero attached hydrogens (tertiary/aromatic N) is 2. The molecule has 1 heterocycles. The third-order valence-corrected chi connectivity index (χ3v) is 4.10. The molecular formula is C12H13BrN2OS. The van der Waals surface area contributed by atoms with Gasteiger partial charge in [0.1, 0.15) is 6.10 Å². The molecule has 0 spiro atoms. The third kappa shape index (κ3) is 3.12. The van der Waals surface area contributed by atoms with E-state index in [0.29, 0.717) is 5.75 Å². The molecule has 0 amide bonds. The number of halogens is 1. The molecule has 2 rings (SSSR count). The molecule has 0 aliphatic rings. The first-order valence-corrected chi connectivity index (χ1v) is 6.99. The molecule has 0 radical (unpaired) electrons. The SMILES string of the molecule is Cn1ncc(Br)c1C(O)CSc1ccccc1. The molecule has 1 aromatic carbocycles. The molecule has 0 saturated carbocycles. The topological polar surface area (TPSA) is 38.0 Å². The van der Waals surface area contributed by atoms with Crippen LogP contribution in [0.2, 0.25) is 0 Å². The number of hydrogen-bond acceptors (Lipinski definition) is 3. The van der Waals surface area contributed by atoms with Crippen molar-refractivity contribution < 1.29 is 5.11 Å². The van der Waals surface area contributed by atoms with Crippen LogP contribution in [0, 0.1) is 0 Å². The number of thioether (sulfide) groups is 1. The number of rotatable bonds is 4. The molecule has 0 bridgehead atoms. The van der Waals surface area contributed by atoms with Gasteiger partial charge in [0.25, 0.3) is 0 Å². The van der Waals surface area contributed by atoms with Crippen LogP contribution in [0.1, 0.15) is 11.8 Å². The van der Waals surface area contributed by atoms with Gasteiger partial charge in [0.2, 0.25) is 0 Å². The molecule has 0 fully saturated rings. The summed E-state index contributed by atoms with van der Waals surface area (Å²) in [4.78, 5) is 1.16. The second kappa shape index (κ2) is 5.71. The second-order valence-corrected chi connectivity index (χ2v) is 5.59. The van der Waals surface area contributed by atoms with Crippen molar-refractivity contribution in [2.75, 3.05) is 5.75 Å². The van der Waals surface area contributed by atoms with Gasteiger partial charge >= 0.3 is 0 Å². The molecule has 1 atom stereocenters. The largest absolute Gasteiger partial charge is 0.386 e. The Balaban J connectivity index is 2.01. The maximum absolute atomic E-state index is 10.1. The van der Waals surface area contributed by atoms with Gasteiger partial charge in [0.15, 0.2) is 0 Å². The maximum Gasteiger partial charge on any atom is 0.106 e. The van der Waals surface area contributed by atoms with Gasteiger partial charge < -0.3 is 5.11 Å². The van der Waals surface area contributed by atoms with E-state index in [1.54, 1.807) is 22.6 Å². The number of benzene rings is 1. The molecule has 3 nitrogen and oxygen atoms in total. The minimum Gasteiger partial charge on any atom is -0.386 e. The summed E-state index contributed by atoms with van der Waals surface area (Å²) in [6, 6.07) is 10.0. The summed E-state index contributed by atoms with van der Waals surface area (Å²) in [6.45, 7) is 0. The van der Waals surface area contributed by atoms with Crippen molar-refractivity contribution in [1.82, 2.24) is 9.78 Å². The molecule has 5 heteroatoms. The van der Waals surface area contributed by atoms with Gasteiger partial charge in [-0.2, -0.15) is 5.10 Å². The highest BCUT2D eigenvalue weighted by Gasteiger charge is 2.16. The third-order valence-electron chi connectivity index (χ3n) is 2.40. The van der Waals surface area contributed by atoms with Crippen LogP contribution in [0.25, 0.3) is 0 Å². The van der Waals surface area contributed by atoms with Crippen molar-refractivity contribution in [2.45, 2.75) is 11.0 Å². The van der Waals surface area contributed by atoms with Gasteiger partial charge in [0, 0.05) is 17.7 Å². The van der Waals surface area contributed by atoms with Crippen LogP contribution in [0.4, 0.5) is 0 Å². The van der Waals surface area contributed by atoms with Gasteiger partial charge in [-0.15, -0.1) is 11.8 Å². The van der Waals surface area contributed by atoms with Crippen LogP contribution in [0.5, 0.6) is 0 Å². The maximum atomic E-state index is 10.1. The van der Waals surface area contributed by atoms with E-state index in [9.17, 15) is 5.11 Å². The first-order valence-electron chi connectivity index (χ1n) is 5.22. The van der Waals surface area contributed by atoms with E-state index in [0.717, 1.165) is 15.1 Å². The Bertz CT molecular complexity index is 467. The summed E-state index contributed by atoms with van der Waals surface area (Å²) in [5.74, 6) is 0.613. The minimum atomic E-state index is -0.526. The average molecular weight is 313 g/mol. The standard InChI is InChI=1S/C12H13BrN2OS/c1-15-12(10(13)7-14-15)11(16)8-17-9-5-3-2-4-6-9/h2-7,11,16H,8H2,1H3. The summed E-state index contributed by atoms with van der Waals surface area (Å²) < 4.78 is 2.54. The zero-order valence-corrected chi connectivity index (χ0v) is 11.8. The highest BCUT2D eigenvalue weighted by Crippen LogP contribution is 2.28. The van der Waals surface area contributed by atoms with Crippen LogP contribution >= 0.6 is 27.7 Å². The average Bonchev–Trinajstić information content (AvgIpc) is 2.67. The number of aliphatic hydroxyl groups is 1. The molecule has 1 unspecified atom stereocenters. The molecule has 0 saturated heterocycles. The van der Waals surface area contributed by atoms with E-state index >= 15 is 0 Å². The zero-order chi connectivity index (χ0) is 12.3. The van der Waals surface area contributed by atoms with Gasteiger partial charge in [-0.25, -0.2) is 0 Å². The lowest BCUT2D eigenvalue weighted by Gasteiger charge is -2.11. The number of hydrogen-bond donors (Lipinski definition) is 1. The second-order valence-electron chi connectivity index (χ2n) is 3.64. The molecule has 1 N–H and O–H groups in total. The van der Waals surface area contributed by atoms with E-state index in [2.05, 4.69) is 21.0 Å². The van der Waals surface area contributed by atoms with Crippen LogP contribution < -0.4 is 0 Å². The van der Waals surface area contributed by atoms with Gasteiger partial charge in [0.05, 0.1) is 16.4 Å². The van der Waals surface area contributed by atoms with Crippen molar-refractivity contribution >= 4 is 27.7 Å². The van der Waals surface area contributed by atoms with Crippen molar-refractivity contribution in [3.8, 4) is 0 Å². The van der Waals surface area contributed by atoms with Gasteiger partial charge in [-0.3, -0.25) is 4.68 Å². The lowest BCUT2D eigenvalue weighted by atomic mass is 10.3. The summed E-state index contributed by atoms with van der Waals surface area (Å²) >= 11 is 5.02. The Kier molecular flexibility index (Phi) is 4.25. The molecule has 1 aromatic heterocycles. The lowest BCUT2D eigenvalue weighted by Crippen LogP contribution is -2.08. The van der Waals surface area contributed by atoms with Gasteiger partial charge in [-0.1, -0.05) is 18.2 Å². The Morgan fingerprint density at radius 2 is 2.12 bits per heavy atom. The highest BCUT2D eigenvalue weighted by atomic mass is 79.9. The lowest BCUT2D eigenvalue weighted by molar-refractivity contribution is 0.193. The monoisotopic (exact) mass is 312 g/mol. The fraction of sp³-hybridized carbons (Fsp3) is 0.250. The van der Waals surface area contributed by atoms with Crippen LogP contribution in [0.3, 0.4) is 0 Å². The molecule has 17 heavy (non-hydrogen) atoms. The van der Waals surface area contributed by atoms with E-state index in [-0.39, 0.29) is 0 Å².